The van der Waals surface area contributed by atoms with Crippen LogP contribution in [-0.4, -0.2) is 32.9 Å². The Balaban J connectivity index is 2.78. The molecule has 4 nitrogen and oxygen atoms in total. The van der Waals surface area contributed by atoms with E-state index < -0.39 is 10.0 Å². The molecule has 0 aliphatic rings. The van der Waals surface area contributed by atoms with Gasteiger partial charge in [0.05, 0.1) is 5.75 Å². The Morgan fingerprint density at radius 2 is 1.79 bits per heavy atom. The van der Waals surface area contributed by atoms with E-state index in [0.29, 0.717) is 18.7 Å². The minimum absolute atomic E-state index is 0.134. The van der Waals surface area contributed by atoms with Gasteiger partial charge in [-0.05, 0) is 29.7 Å². The second kappa shape index (κ2) is 5.98. The van der Waals surface area contributed by atoms with Gasteiger partial charge in [-0.1, -0.05) is 26.0 Å². The summed E-state index contributed by atoms with van der Waals surface area (Å²) in [5.41, 5.74) is 5.90. The molecule has 0 unspecified atom stereocenters. The smallest absolute Gasteiger partial charge is 0.218 e. The zero-order valence-corrected chi connectivity index (χ0v) is 12.4. The lowest BCUT2D eigenvalue weighted by Crippen LogP contribution is -2.40. The zero-order chi connectivity index (χ0) is 14.7. The molecule has 0 bridgehead atoms. The number of nitrogens with two attached hydrogens (primary N) is 1. The van der Waals surface area contributed by atoms with E-state index in [1.807, 2.05) is 13.8 Å². The van der Waals surface area contributed by atoms with Crippen molar-refractivity contribution in [2.24, 2.45) is 11.1 Å². The van der Waals surface area contributed by atoms with Gasteiger partial charge in [0, 0.05) is 13.6 Å². The molecular formula is C13H21FN2O2S. The second-order valence-corrected chi connectivity index (χ2v) is 7.58. The van der Waals surface area contributed by atoms with Gasteiger partial charge in [0.25, 0.3) is 0 Å². The van der Waals surface area contributed by atoms with E-state index in [0.717, 1.165) is 0 Å². The summed E-state index contributed by atoms with van der Waals surface area (Å²) >= 11 is 0. The Labute approximate surface area is 114 Å². The average molecular weight is 288 g/mol. The van der Waals surface area contributed by atoms with Crippen LogP contribution in [0.3, 0.4) is 0 Å². The summed E-state index contributed by atoms with van der Waals surface area (Å²) < 4.78 is 38.4. The molecular weight excluding hydrogens is 267 g/mol. The van der Waals surface area contributed by atoms with Crippen LogP contribution in [0.4, 0.5) is 4.39 Å². The first-order valence-corrected chi connectivity index (χ1v) is 7.66. The average Bonchev–Trinajstić information content (AvgIpc) is 2.31. The molecule has 0 amide bonds. The highest BCUT2D eigenvalue weighted by Crippen LogP contribution is 2.18. The molecule has 0 fully saturated rings. The van der Waals surface area contributed by atoms with Crippen LogP contribution in [0.25, 0.3) is 0 Å². The fourth-order valence-electron chi connectivity index (χ4n) is 1.67. The van der Waals surface area contributed by atoms with E-state index in [2.05, 4.69) is 0 Å². The highest BCUT2D eigenvalue weighted by Gasteiger charge is 2.25. The van der Waals surface area contributed by atoms with Crippen LogP contribution < -0.4 is 5.73 Å². The summed E-state index contributed by atoms with van der Waals surface area (Å²) in [5.74, 6) is -0.511. The van der Waals surface area contributed by atoms with Crippen LogP contribution >= 0.6 is 0 Å². The molecule has 6 heteroatoms. The monoisotopic (exact) mass is 288 g/mol. The summed E-state index contributed by atoms with van der Waals surface area (Å²) in [6.45, 7) is 4.59. The third-order valence-corrected chi connectivity index (χ3v) is 4.72. The lowest BCUT2D eigenvalue weighted by atomic mass is 9.94. The van der Waals surface area contributed by atoms with E-state index in [9.17, 15) is 12.8 Å². The molecule has 0 spiro atoms. The third-order valence-electron chi connectivity index (χ3n) is 2.94. The van der Waals surface area contributed by atoms with Crippen molar-refractivity contribution in [1.82, 2.24) is 4.31 Å². The number of rotatable bonds is 6. The minimum atomic E-state index is -3.41. The third kappa shape index (κ3) is 4.89. The topological polar surface area (TPSA) is 63.4 Å². The largest absolute Gasteiger partial charge is 0.330 e. The molecule has 2 N–H and O–H groups in total. The van der Waals surface area contributed by atoms with Gasteiger partial charge in [-0.25, -0.2) is 17.1 Å². The lowest BCUT2D eigenvalue weighted by molar-refractivity contribution is 0.291. The summed E-state index contributed by atoms with van der Waals surface area (Å²) in [4.78, 5) is 0. The maximum Gasteiger partial charge on any atom is 0.218 e. The van der Waals surface area contributed by atoms with Crippen molar-refractivity contribution in [1.29, 1.82) is 0 Å². The van der Waals surface area contributed by atoms with Crippen molar-refractivity contribution in [3.05, 3.63) is 35.6 Å². The van der Waals surface area contributed by atoms with Gasteiger partial charge in [0.1, 0.15) is 5.82 Å². The van der Waals surface area contributed by atoms with Crippen LogP contribution in [0.1, 0.15) is 19.4 Å². The Kier molecular flexibility index (Phi) is 5.06. The van der Waals surface area contributed by atoms with E-state index in [1.165, 1.54) is 35.6 Å². The van der Waals surface area contributed by atoms with Crippen molar-refractivity contribution in [3.8, 4) is 0 Å². The quantitative estimate of drug-likeness (QED) is 0.864. The van der Waals surface area contributed by atoms with Gasteiger partial charge in [0.15, 0.2) is 0 Å². The first-order valence-electron chi connectivity index (χ1n) is 6.05. The number of benzene rings is 1. The molecule has 1 rings (SSSR count). The Morgan fingerprint density at radius 1 is 1.26 bits per heavy atom. The van der Waals surface area contributed by atoms with E-state index >= 15 is 0 Å². The lowest BCUT2D eigenvalue weighted by Gasteiger charge is -2.28. The van der Waals surface area contributed by atoms with Gasteiger partial charge in [0.2, 0.25) is 10.0 Å². The first-order chi connectivity index (χ1) is 8.66. The number of halogens is 1. The van der Waals surface area contributed by atoms with Crippen LogP contribution in [0.15, 0.2) is 24.3 Å². The fraction of sp³-hybridized carbons (Fsp3) is 0.538. The molecule has 1 aromatic rings. The molecule has 0 aromatic heterocycles. The summed E-state index contributed by atoms with van der Waals surface area (Å²) in [7, 11) is -1.88. The van der Waals surface area contributed by atoms with E-state index in [4.69, 9.17) is 5.73 Å². The van der Waals surface area contributed by atoms with Crippen molar-refractivity contribution in [3.63, 3.8) is 0 Å². The predicted octanol–water partition coefficient (Wildman–Crippen LogP) is 1.57. The molecule has 0 aliphatic carbocycles. The van der Waals surface area contributed by atoms with Gasteiger partial charge in [-0.2, -0.15) is 0 Å². The molecule has 0 saturated heterocycles. The van der Waals surface area contributed by atoms with Crippen LogP contribution in [-0.2, 0) is 15.8 Å². The van der Waals surface area contributed by atoms with Crippen molar-refractivity contribution in [2.75, 3.05) is 20.1 Å². The zero-order valence-electron chi connectivity index (χ0n) is 11.6. The molecule has 1 aromatic carbocycles. The maximum atomic E-state index is 12.8. The molecule has 0 aliphatic heterocycles. The molecule has 0 heterocycles. The Morgan fingerprint density at radius 3 is 2.26 bits per heavy atom. The van der Waals surface area contributed by atoms with Gasteiger partial charge >= 0.3 is 0 Å². The highest BCUT2D eigenvalue weighted by atomic mass is 32.2. The van der Waals surface area contributed by atoms with E-state index in [-0.39, 0.29) is 17.0 Å². The van der Waals surface area contributed by atoms with Crippen molar-refractivity contribution >= 4 is 10.0 Å². The number of nitrogens with zero attached hydrogens (tertiary/aromatic N) is 1. The number of hydrogen-bond donors (Lipinski definition) is 1. The Bertz CT molecular complexity index is 512. The summed E-state index contributed by atoms with van der Waals surface area (Å²) in [6.07, 6.45) is 0. The molecule has 0 saturated carbocycles. The van der Waals surface area contributed by atoms with Gasteiger partial charge in [-0.3, -0.25) is 0 Å². The predicted molar refractivity (Wildman–Crippen MR) is 74.5 cm³/mol. The maximum absolute atomic E-state index is 12.8. The highest BCUT2D eigenvalue weighted by molar-refractivity contribution is 7.88. The number of hydrogen-bond acceptors (Lipinski definition) is 3. The normalized spacial score (nSPS) is 12.9. The second-order valence-electron chi connectivity index (χ2n) is 5.51. The van der Waals surface area contributed by atoms with Crippen LogP contribution in [0.5, 0.6) is 0 Å². The number of sulfonamides is 1. The van der Waals surface area contributed by atoms with Gasteiger partial charge in [-0.15, -0.1) is 0 Å². The standard InChI is InChI=1S/C13H21FN2O2S/c1-13(2,9-15)10-16(3)19(17,18)8-11-4-6-12(14)7-5-11/h4-7H,8-10,15H2,1-3H3. The van der Waals surface area contributed by atoms with Crippen molar-refractivity contribution < 1.29 is 12.8 Å². The Hall–Kier alpha value is -0.980. The van der Waals surface area contributed by atoms with E-state index in [1.54, 1.807) is 0 Å². The molecule has 0 atom stereocenters. The SMILES string of the molecule is CN(CC(C)(C)CN)S(=O)(=O)Cc1ccc(F)cc1. The van der Waals surface area contributed by atoms with Crippen LogP contribution in [0.2, 0.25) is 0 Å². The molecule has 0 radical (unpaired) electrons. The summed E-state index contributed by atoms with van der Waals surface area (Å²) in [5, 5.41) is 0. The molecule has 108 valence electrons. The fourth-order valence-corrected chi connectivity index (χ4v) is 3.05. The first kappa shape index (κ1) is 16.1. The van der Waals surface area contributed by atoms with Gasteiger partial charge < -0.3 is 5.73 Å². The minimum Gasteiger partial charge on any atom is -0.330 e. The van der Waals surface area contributed by atoms with Crippen molar-refractivity contribution in [2.45, 2.75) is 19.6 Å². The van der Waals surface area contributed by atoms with Crippen LogP contribution in [0, 0.1) is 11.2 Å². The molecule has 19 heavy (non-hydrogen) atoms. The summed E-state index contributed by atoms with van der Waals surface area (Å²) in [6, 6.07) is 5.48.